The summed E-state index contributed by atoms with van der Waals surface area (Å²) < 4.78 is 0. The Hall–Kier alpha value is -1.32. The van der Waals surface area contributed by atoms with Gasteiger partial charge in [-0.05, 0) is 30.7 Å². The quantitative estimate of drug-likeness (QED) is 0.773. The van der Waals surface area contributed by atoms with Crippen LogP contribution in [0.15, 0.2) is 35.7 Å². The van der Waals surface area contributed by atoms with Gasteiger partial charge in [0, 0.05) is 23.1 Å². The number of anilines is 1. The summed E-state index contributed by atoms with van der Waals surface area (Å²) in [7, 11) is 2.02. The van der Waals surface area contributed by atoms with E-state index >= 15 is 0 Å². The average molecular weight is 280 g/mol. The average Bonchev–Trinajstić information content (AvgIpc) is 2.85. The van der Waals surface area contributed by atoms with Crippen LogP contribution < -0.4 is 4.90 Å². The first kappa shape index (κ1) is 13.1. The molecule has 1 heterocycles. The van der Waals surface area contributed by atoms with E-state index < -0.39 is 0 Å². The third-order valence-electron chi connectivity index (χ3n) is 3.04. The molecular weight excluding hydrogens is 266 g/mol. The normalized spacial score (nSPS) is 12.2. The van der Waals surface area contributed by atoms with E-state index in [0.29, 0.717) is 0 Å². The Balaban J connectivity index is 2.22. The van der Waals surface area contributed by atoms with Crippen molar-refractivity contribution in [2.75, 3.05) is 11.9 Å². The zero-order chi connectivity index (χ0) is 13.1. The molecule has 0 aliphatic carbocycles. The summed E-state index contributed by atoms with van der Waals surface area (Å²) in [6.45, 7) is 2.11. The van der Waals surface area contributed by atoms with Crippen LogP contribution in [0.2, 0.25) is 5.02 Å². The van der Waals surface area contributed by atoms with E-state index in [1.807, 2.05) is 36.7 Å². The second-order valence-electron chi connectivity index (χ2n) is 4.17. The van der Waals surface area contributed by atoms with Gasteiger partial charge < -0.3 is 4.90 Å². The van der Waals surface area contributed by atoms with Gasteiger partial charge in [0.2, 0.25) is 0 Å². The van der Waals surface area contributed by atoms with Crippen molar-refractivity contribution < 1.29 is 4.79 Å². The molecule has 2 aromatic rings. The van der Waals surface area contributed by atoms with Gasteiger partial charge in [-0.2, -0.15) is 0 Å². The number of thiophene rings is 1. The summed E-state index contributed by atoms with van der Waals surface area (Å²) in [5.74, 6) is 0. The topological polar surface area (TPSA) is 20.3 Å². The molecule has 0 saturated carbocycles. The lowest BCUT2D eigenvalue weighted by molar-refractivity contribution is 0.112. The molecule has 0 spiro atoms. The number of rotatable bonds is 4. The van der Waals surface area contributed by atoms with Crippen molar-refractivity contribution in [1.82, 2.24) is 0 Å². The highest BCUT2D eigenvalue weighted by Gasteiger charge is 2.13. The predicted molar refractivity (Wildman–Crippen MR) is 78.0 cm³/mol. The van der Waals surface area contributed by atoms with Crippen molar-refractivity contribution >= 4 is 34.9 Å². The standard InChI is InChI=1S/C14H14ClNOS/c1-10(11-4-3-5-12(15)6-11)16(2)13-7-14(8-17)18-9-13/h3-10H,1-2H3. The van der Waals surface area contributed by atoms with E-state index in [0.717, 1.165) is 27.4 Å². The second kappa shape index (κ2) is 5.55. The predicted octanol–water partition coefficient (Wildman–Crippen LogP) is 4.41. The maximum atomic E-state index is 10.7. The minimum Gasteiger partial charge on any atom is -0.367 e. The molecule has 1 atom stereocenters. The van der Waals surface area contributed by atoms with Gasteiger partial charge in [-0.1, -0.05) is 23.7 Å². The fourth-order valence-corrected chi connectivity index (χ4v) is 2.74. The summed E-state index contributed by atoms with van der Waals surface area (Å²) >= 11 is 7.46. The van der Waals surface area contributed by atoms with E-state index in [1.54, 1.807) is 0 Å². The van der Waals surface area contributed by atoms with Crippen LogP contribution in [0.5, 0.6) is 0 Å². The first-order valence-electron chi connectivity index (χ1n) is 5.64. The number of carbonyl (C=O) groups excluding carboxylic acids is 1. The van der Waals surface area contributed by atoms with Gasteiger partial charge in [0.1, 0.15) is 0 Å². The van der Waals surface area contributed by atoms with Crippen LogP contribution >= 0.6 is 22.9 Å². The molecule has 4 heteroatoms. The Morgan fingerprint density at radius 3 is 2.78 bits per heavy atom. The molecule has 0 fully saturated rings. The monoisotopic (exact) mass is 279 g/mol. The second-order valence-corrected chi connectivity index (χ2v) is 5.55. The first-order valence-corrected chi connectivity index (χ1v) is 6.89. The molecular formula is C14H14ClNOS. The lowest BCUT2D eigenvalue weighted by Gasteiger charge is -2.26. The maximum Gasteiger partial charge on any atom is 0.160 e. The molecule has 0 aliphatic heterocycles. The van der Waals surface area contributed by atoms with E-state index in [2.05, 4.69) is 17.9 Å². The number of hydrogen-bond acceptors (Lipinski definition) is 3. The van der Waals surface area contributed by atoms with Crippen LogP contribution in [0, 0.1) is 0 Å². The fourth-order valence-electron chi connectivity index (χ4n) is 1.80. The van der Waals surface area contributed by atoms with Gasteiger partial charge in [-0.25, -0.2) is 0 Å². The third kappa shape index (κ3) is 2.74. The molecule has 0 amide bonds. The van der Waals surface area contributed by atoms with Crippen molar-refractivity contribution in [2.45, 2.75) is 13.0 Å². The molecule has 0 N–H and O–H groups in total. The van der Waals surface area contributed by atoms with E-state index in [-0.39, 0.29) is 6.04 Å². The van der Waals surface area contributed by atoms with Crippen LogP contribution in [-0.4, -0.2) is 13.3 Å². The fraction of sp³-hybridized carbons (Fsp3) is 0.214. The zero-order valence-corrected chi connectivity index (χ0v) is 11.8. The van der Waals surface area contributed by atoms with Crippen LogP contribution in [0.3, 0.4) is 0 Å². The first-order chi connectivity index (χ1) is 8.61. The minimum absolute atomic E-state index is 0.206. The summed E-state index contributed by atoms with van der Waals surface area (Å²) in [4.78, 5) is 13.6. The Labute approximate surface area is 116 Å². The number of aldehydes is 1. The number of carbonyl (C=O) groups is 1. The van der Waals surface area contributed by atoms with E-state index in [9.17, 15) is 4.79 Å². The van der Waals surface area contributed by atoms with Gasteiger partial charge in [-0.15, -0.1) is 11.3 Å². The molecule has 18 heavy (non-hydrogen) atoms. The molecule has 1 unspecified atom stereocenters. The van der Waals surface area contributed by atoms with Crippen LogP contribution in [-0.2, 0) is 0 Å². The largest absolute Gasteiger partial charge is 0.367 e. The summed E-state index contributed by atoms with van der Waals surface area (Å²) in [5, 5.41) is 2.73. The number of halogens is 1. The van der Waals surface area contributed by atoms with Gasteiger partial charge in [0.15, 0.2) is 6.29 Å². The van der Waals surface area contributed by atoms with Gasteiger partial charge in [0.05, 0.1) is 10.9 Å². The summed E-state index contributed by atoms with van der Waals surface area (Å²) in [5.41, 5.74) is 2.21. The highest BCUT2D eigenvalue weighted by molar-refractivity contribution is 7.12. The molecule has 0 aliphatic rings. The smallest absolute Gasteiger partial charge is 0.160 e. The van der Waals surface area contributed by atoms with Gasteiger partial charge in [0.25, 0.3) is 0 Å². The molecule has 2 rings (SSSR count). The minimum atomic E-state index is 0.206. The van der Waals surface area contributed by atoms with E-state index in [1.165, 1.54) is 11.3 Å². The molecule has 0 saturated heterocycles. The molecule has 0 bridgehead atoms. The molecule has 2 nitrogen and oxygen atoms in total. The van der Waals surface area contributed by atoms with Crippen molar-refractivity contribution in [3.63, 3.8) is 0 Å². The van der Waals surface area contributed by atoms with Crippen molar-refractivity contribution in [3.8, 4) is 0 Å². The van der Waals surface area contributed by atoms with Crippen LogP contribution in [0.25, 0.3) is 0 Å². The molecule has 1 aromatic heterocycles. The highest BCUT2D eigenvalue weighted by Crippen LogP contribution is 2.29. The summed E-state index contributed by atoms with van der Waals surface area (Å²) in [6, 6.07) is 9.95. The van der Waals surface area contributed by atoms with Crippen molar-refractivity contribution in [3.05, 3.63) is 51.2 Å². The third-order valence-corrected chi connectivity index (χ3v) is 4.12. The lowest BCUT2D eigenvalue weighted by Crippen LogP contribution is -2.20. The number of hydrogen-bond donors (Lipinski definition) is 0. The highest BCUT2D eigenvalue weighted by atomic mass is 35.5. The van der Waals surface area contributed by atoms with E-state index in [4.69, 9.17) is 11.6 Å². The number of benzene rings is 1. The lowest BCUT2D eigenvalue weighted by atomic mass is 10.1. The molecule has 0 radical (unpaired) electrons. The Kier molecular flexibility index (Phi) is 4.04. The SMILES string of the molecule is CC(c1cccc(Cl)c1)N(C)c1csc(C=O)c1. The van der Waals surface area contributed by atoms with Crippen LogP contribution in [0.1, 0.15) is 28.2 Å². The van der Waals surface area contributed by atoms with Crippen LogP contribution in [0.4, 0.5) is 5.69 Å². The molecule has 1 aromatic carbocycles. The summed E-state index contributed by atoms with van der Waals surface area (Å²) in [6.07, 6.45) is 0.881. The van der Waals surface area contributed by atoms with Crippen molar-refractivity contribution in [1.29, 1.82) is 0 Å². The maximum absolute atomic E-state index is 10.7. The van der Waals surface area contributed by atoms with Gasteiger partial charge >= 0.3 is 0 Å². The molecule has 94 valence electrons. The Morgan fingerprint density at radius 2 is 2.17 bits per heavy atom. The number of nitrogens with zero attached hydrogens (tertiary/aromatic N) is 1. The Morgan fingerprint density at radius 1 is 1.39 bits per heavy atom. The Bertz CT molecular complexity index is 552. The van der Waals surface area contributed by atoms with Gasteiger partial charge in [-0.3, -0.25) is 4.79 Å². The van der Waals surface area contributed by atoms with Crippen molar-refractivity contribution in [2.24, 2.45) is 0 Å². The zero-order valence-electron chi connectivity index (χ0n) is 10.3.